The largest absolute Gasteiger partial charge is 0.478 e. The first-order chi connectivity index (χ1) is 12.0. The Kier molecular flexibility index (Phi) is 6.77. The standard InChI is InChI=1S/C18H20ClN3O3/c1-12(3-2-9-21-17(23)6-7-18(24)25)22-15-8-10-20-16-11-13(19)4-5-14(15)16/h4-8,10-12H,2-3,9H2,1H3,(H,20,22)(H,21,23)(H,24,25)/b7-6+. The lowest BCUT2D eigenvalue weighted by Crippen LogP contribution is -2.24. The summed E-state index contributed by atoms with van der Waals surface area (Å²) in [6.45, 7) is 2.55. The maximum atomic E-state index is 11.4. The highest BCUT2D eigenvalue weighted by Crippen LogP contribution is 2.25. The van der Waals surface area contributed by atoms with Gasteiger partial charge in [0.15, 0.2) is 0 Å². The van der Waals surface area contributed by atoms with E-state index < -0.39 is 11.9 Å². The highest BCUT2D eigenvalue weighted by atomic mass is 35.5. The predicted molar refractivity (Wildman–Crippen MR) is 98.9 cm³/mol. The number of fused-ring (bicyclic) bond motifs is 1. The van der Waals surface area contributed by atoms with Crippen LogP contribution >= 0.6 is 11.6 Å². The normalized spacial score (nSPS) is 12.2. The van der Waals surface area contributed by atoms with Crippen molar-refractivity contribution in [2.24, 2.45) is 0 Å². The van der Waals surface area contributed by atoms with Crippen LogP contribution in [-0.2, 0) is 9.59 Å². The number of nitrogens with zero attached hydrogens (tertiary/aromatic N) is 1. The molecule has 0 fully saturated rings. The fraction of sp³-hybridized carbons (Fsp3) is 0.278. The number of rotatable bonds is 8. The molecule has 0 spiro atoms. The van der Waals surface area contributed by atoms with Gasteiger partial charge in [-0.05, 0) is 44.0 Å². The van der Waals surface area contributed by atoms with Gasteiger partial charge < -0.3 is 15.7 Å². The quantitative estimate of drug-likeness (QED) is 0.496. The minimum Gasteiger partial charge on any atom is -0.478 e. The third kappa shape index (κ3) is 6.08. The molecule has 25 heavy (non-hydrogen) atoms. The van der Waals surface area contributed by atoms with Crippen molar-refractivity contribution in [2.45, 2.75) is 25.8 Å². The number of nitrogens with one attached hydrogen (secondary N) is 2. The molecule has 1 unspecified atom stereocenters. The Morgan fingerprint density at radius 1 is 1.32 bits per heavy atom. The van der Waals surface area contributed by atoms with Crippen molar-refractivity contribution in [3.05, 3.63) is 47.6 Å². The summed E-state index contributed by atoms with van der Waals surface area (Å²) < 4.78 is 0. The molecule has 2 rings (SSSR count). The third-order valence-corrected chi connectivity index (χ3v) is 3.83. The molecule has 1 heterocycles. The second-order valence-corrected chi connectivity index (χ2v) is 6.11. The lowest BCUT2D eigenvalue weighted by Gasteiger charge is -2.17. The Morgan fingerprint density at radius 2 is 2.12 bits per heavy atom. The molecular formula is C18H20ClN3O3. The zero-order valence-electron chi connectivity index (χ0n) is 13.8. The van der Waals surface area contributed by atoms with Gasteiger partial charge in [0.2, 0.25) is 5.91 Å². The fourth-order valence-electron chi connectivity index (χ4n) is 2.41. The van der Waals surface area contributed by atoms with Crippen LogP contribution in [0.4, 0.5) is 5.69 Å². The van der Waals surface area contributed by atoms with Gasteiger partial charge in [-0.3, -0.25) is 9.78 Å². The average molecular weight is 362 g/mol. The first kappa shape index (κ1) is 18.7. The summed E-state index contributed by atoms with van der Waals surface area (Å²) in [5, 5.41) is 16.2. The number of carbonyl (C=O) groups excluding carboxylic acids is 1. The lowest BCUT2D eigenvalue weighted by molar-refractivity contribution is -0.131. The lowest BCUT2D eigenvalue weighted by atomic mass is 10.1. The molecule has 1 aromatic carbocycles. The predicted octanol–water partition coefficient (Wildman–Crippen LogP) is 3.23. The maximum absolute atomic E-state index is 11.4. The van der Waals surface area contributed by atoms with Gasteiger partial charge in [0.05, 0.1) is 5.52 Å². The van der Waals surface area contributed by atoms with Gasteiger partial charge in [-0.1, -0.05) is 11.6 Å². The van der Waals surface area contributed by atoms with E-state index in [1.807, 2.05) is 24.3 Å². The maximum Gasteiger partial charge on any atom is 0.328 e. The minimum absolute atomic E-state index is 0.202. The first-order valence-electron chi connectivity index (χ1n) is 7.95. The van der Waals surface area contributed by atoms with Crippen LogP contribution in [0.25, 0.3) is 10.9 Å². The van der Waals surface area contributed by atoms with E-state index in [1.165, 1.54) is 0 Å². The van der Waals surface area contributed by atoms with E-state index >= 15 is 0 Å². The van der Waals surface area contributed by atoms with Crippen LogP contribution in [0.5, 0.6) is 0 Å². The monoisotopic (exact) mass is 361 g/mol. The number of halogens is 1. The first-order valence-corrected chi connectivity index (χ1v) is 8.33. The van der Waals surface area contributed by atoms with E-state index in [9.17, 15) is 9.59 Å². The highest BCUT2D eigenvalue weighted by Gasteiger charge is 2.07. The molecule has 2 aromatic rings. The number of aliphatic carboxylic acids is 1. The molecule has 1 amide bonds. The summed E-state index contributed by atoms with van der Waals surface area (Å²) in [5.74, 6) is -1.54. The summed E-state index contributed by atoms with van der Waals surface area (Å²) in [6.07, 6.45) is 5.19. The van der Waals surface area contributed by atoms with Crippen LogP contribution in [0.1, 0.15) is 19.8 Å². The molecule has 0 saturated carbocycles. The van der Waals surface area contributed by atoms with E-state index in [1.54, 1.807) is 6.20 Å². The van der Waals surface area contributed by atoms with E-state index in [0.29, 0.717) is 11.6 Å². The van der Waals surface area contributed by atoms with Crippen LogP contribution in [-0.4, -0.2) is 34.6 Å². The number of benzene rings is 1. The SMILES string of the molecule is CC(CCCNC(=O)/C=C/C(=O)O)Nc1ccnc2cc(Cl)ccc12. The zero-order chi connectivity index (χ0) is 18.2. The van der Waals surface area contributed by atoms with E-state index in [4.69, 9.17) is 16.7 Å². The Balaban J connectivity index is 1.82. The molecular weight excluding hydrogens is 342 g/mol. The number of amides is 1. The number of pyridine rings is 1. The van der Waals surface area contributed by atoms with E-state index in [-0.39, 0.29) is 6.04 Å². The van der Waals surface area contributed by atoms with Crippen molar-refractivity contribution in [2.75, 3.05) is 11.9 Å². The second-order valence-electron chi connectivity index (χ2n) is 5.67. The van der Waals surface area contributed by atoms with Crippen molar-refractivity contribution < 1.29 is 14.7 Å². The molecule has 0 bridgehead atoms. The van der Waals surface area contributed by atoms with Gasteiger partial charge in [0, 0.05) is 47.0 Å². The number of carbonyl (C=O) groups is 2. The summed E-state index contributed by atoms with van der Waals surface area (Å²) in [4.78, 5) is 26.0. The number of carboxylic acids is 1. The van der Waals surface area contributed by atoms with Crippen LogP contribution in [0.3, 0.4) is 0 Å². The van der Waals surface area contributed by atoms with Crippen LogP contribution in [0.2, 0.25) is 5.02 Å². The van der Waals surface area contributed by atoms with Crippen molar-refractivity contribution >= 4 is 40.1 Å². The molecule has 0 aliphatic heterocycles. The smallest absolute Gasteiger partial charge is 0.328 e. The van der Waals surface area contributed by atoms with E-state index in [0.717, 1.165) is 41.6 Å². The molecule has 7 heteroatoms. The summed E-state index contributed by atoms with van der Waals surface area (Å²) >= 11 is 5.99. The van der Waals surface area contributed by atoms with Gasteiger partial charge in [0.25, 0.3) is 0 Å². The van der Waals surface area contributed by atoms with Crippen molar-refractivity contribution in [1.29, 1.82) is 0 Å². The summed E-state index contributed by atoms with van der Waals surface area (Å²) in [6, 6.07) is 7.72. The molecule has 0 aliphatic carbocycles. The number of anilines is 1. The van der Waals surface area contributed by atoms with Gasteiger partial charge >= 0.3 is 5.97 Å². The van der Waals surface area contributed by atoms with Gasteiger partial charge in [-0.2, -0.15) is 0 Å². The van der Waals surface area contributed by atoms with Crippen molar-refractivity contribution in [3.63, 3.8) is 0 Å². The topological polar surface area (TPSA) is 91.3 Å². The minimum atomic E-state index is -1.14. The number of aromatic nitrogens is 1. The molecule has 6 nitrogen and oxygen atoms in total. The van der Waals surface area contributed by atoms with E-state index in [2.05, 4.69) is 22.5 Å². The highest BCUT2D eigenvalue weighted by molar-refractivity contribution is 6.31. The molecule has 0 saturated heterocycles. The van der Waals surface area contributed by atoms with Crippen LogP contribution in [0.15, 0.2) is 42.6 Å². The van der Waals surface area contributed by atoms with Crippen LogP contribution in [0, 0.1) is 0 Å². The van der Waals surface area contributed by atoms with Crippen molar-refractivity contribution in [3.8, 4) is 0 Å². The Bertz CT molecular complexity index is 792. The summed E-state index contributed by atoms with van der Waals surface area (Å²) in [7, 11) is 0. The Hall–Kier alpha value is -2.60. The number of carboxylic acid groups (broad SMARTS) is 1. The average Bonchev–Trinajstić information content (AvgIpc) is 2.57. The van der Waals surface area contributed by atoms with Gasteiger partial charge in [-0.25, -0.2) is 4.79 Å². The number of hydrogen-bond acceptors (Lipinski definition) is 4. The molecule has 1 aromatic heterocycles. The fourth-order valence-corrected chi connectivity index (χ4v) is 2.58. The molecule has 132 valence electrons. The second kappa shape index (κ2) is 9.03. The van der Waals surface area contributed by atoms with Gasteiger partial charge in [-0.15, -0.1) is 0 Å². The number of hydrogen-bond donors (Lipinski definition) is 3. The zero-order valence-corrected chi connectivity index (χ0v) is 14.6. The summed E-state index contributed by atoms with van der Waals surface area (Å²) in [5.41, 5.74) is 1.82. The molecule has 1 atom stereocenters. The Labute approximate surface area is 150 Å². The Morgan fingerprint density at radius 3 is 2.88 bits per heavy atom. The molecule has 0 radical (unpaired) electrons. The third-order valence-electron chi connectivity index (χ3n) is 3.60. The van der Waals surface area contributed by atoms with Gasteiger partial charge in [0.1, 0.15) is 0 Å². The van der Waals surface area contributed by atoms with Crippen LogP contribution < -0.4 is 10.6 Å². The molecule has 3 N–H and O–H groups in total. The molecule has 0 aliphatic rings. The van der Waals surface area contributed by atoms with Crippen molar-refractivity contribution in [1.82, 2.24) is 10.3 Å².